The molecule has 154 valence electrons. The largest absolute Gasteiger partial charge is 0.545 e. The topological polar surface area (TPSA) is 98.3 Å². The SMILES string of the molecule is O=C(/C=C/c1ccccc1)Nc1cc(NC(=O)/C=C/c2ccccc2)cc(C(=O)[O-])c1. The van der Waals surface area contributed by atoms with Crippen molar-refractivity contribution >= 4 is 41.3 Å². The Kier molecular flexibility index (Phi) is 7.11. The molecule has 0 aromatic heterocycles. The zero-order valence-corrected chi connectivity index (χ0v) is 16.4. The highest BCUT2D eigenvalue weighted by molar-refractivity contribution is 6.05. The second kappa shape index (κ2) is 10.4. The summed E-state index contributed by atoms with van der Waals surface area (Å²) in [7, 11) is 0. The average molecular weight is 411 g/mol. The first-order valence-corrected chi connectivity index (χ1v) is 9.44. The summed E-state index contributed by atoms with van der Waals surface area (Å²) >= 11 is 0. The van der Waals surface area contributed by atoms with Gasteiger partial charge < -0.3 is 20.5 Å². The number of rotatable bonds is 7. The van der Waals surface area contributed by atoms with Gasteiger partial charge in [-0.25, -0.2) is 0 Å². The number of hydrogen-bond donors (Lipinski definition) is 2. The van der Waals surface area contributed by atoms with E-state index in [1.807, 2.05) is 60.7 Å². The summed E-state index contributed by atoms with van der Waals surface area (Å²) in [5, 5.41) is 16.5. The number of aromatic carboxylic acids is 1. The molecule has 6 heteroatoms. The van der Waals surface area contributed by atoms with Gasteiger partial charge in [0.15, 0.2) is 0 Å². The number of carbonyl (C=O) groups is 3. The van der Waals surface area contributed by atoms with E-state index in [-0.39, 0.29) is 16.9 Å². The third-order valence-corrected chi connectivity index (χ3v) is 4.16. The first-order chi connectivity index (χ1) is 15.0. The molecule has 3 aromatic rings. The number of benzene rings is 3. The van der Waals surface area contributed by atoms with Crippen molar-refractivity contribution in [3.63, 3.8) is 0 Å². The van der Waals surface area contributed by atoms with Crippen LogP contribution < -0.4 is 15.7 Å². The van der Waals surface area contributed by atoms with Crippen molar-refractivity contribution < 1.29 is 19.5 Å². The first kappa shape index (κ1) is 21.3. The molecule has 0 heterocycles. The van der Waals surface area contributed by atoms with Crippen LogP contribution in [0.1, 0.15) is 21.5 Å². The maximum Gasteiger partial charge on any atom is 0.248 e. The minimum Gasteiger partial charge on any atom is -0.545 e. The molecular formula is C25H19N2O4-. The summed E-state index contributed by atoms with van der Waals surface area (Å²) in [5.41, 5.74) is 1.95. The molecule has 3 rings (SSSR count). The molecule has 0 aliphatic carbocycles. The van der Waals surface area contributed by atoms with E-state index in [0.29, 0.717) is 0 Å². The predicted molar refractivity (Wildman–Crippen MR) is 119 cm³/mol. The third kappa shape index (κ3) is 6.83. The van der Waals surface area contributed by atoms with Crippen LogP contribution in [0.5, 0.6) is 0 Å². The van der Waals surface area contributed by atoms with Crippen LogP contribution in [0.15, 0.2) is 91.0 Å². The molecule has 0 aliphatic heterocycles. The van der Waals surface area contributed by atoms with Crippen molar-refractivity contribution in [2.45, 2.75) is 0 Å². The summed E-state index contributed by atoms with van der Waals surface area (Å²) in [5.74, 6) is -2.31. The highest BCUT2D eigenvalue weighted by atomic mass is 16.4. The van der Waals surface area contributed by atoms with E-state index in [4.69, 9.17) is 0 Å². The Bertz CT molecular complexity index is 1050. The average Bonchev–Trinajstić information content (AvgIpc) is 2.77. The second-order valence-electron chi connectivity index (χ2n) is 6.55. The van der Waals surface area contributed by atoms with Gasteiger partial charge in [-0.2, -0.15) is 0 Å². The van der Waals surface area contributed by atoms with Crippen LogP contribution >= 0.6 is 0 Å². The Labute approximate surface area is 179 Å². The Hall–Kier alpha value is -4.45. The molecule has 0 saturated carbocycles. The van der Waals surface area contributed by atoms with Crippen LogP contribution in [0.25, 0.3) is 12.2 Å². The molecule has 31 heavy (non-hydrogen) atoms. The van der Waals surface area contributed by atoms with Gasteiger partial charge in [-0.1, -0.05) is 60.7 Å². The summed E-state index contributed by atoms with van der Waals surface area (Å²) < 4.78 is 0. The molecule has 0 saturated heterocycles. The van der Waals surface area contributed by atoms with E-state index >= 15 is 0 Å². The Morgan fingerprint density at radius 3 is 1.45 bits per heavy atom. The van der Waals surface area contributed by atoms with Crippen LogP contribution in [0, 0.1) is 0 Å². The van der Waals surface area contributed by atoms with Crippen LogP contribution in [0.2, 0.25) is 0 Å². The van der Waals surface area contributed by atoms with Gasteiger partial charge in [-0.05, 0) is 41.5 Å². The van der Waals surface area contributed by atoms with E-state index in [1.54, 1.807) is 12.2 Å². The minimum absolute atomic E-state index is 0.174. The normalized spacial score (nSPS) is 10.8. The Morgan fingerprint density at radius 2 is 1.06 bits per heavy atom. The molecule has 0 fully saturated rings. The first-order valence-electron chi connectivity index (χ1n) is 9.44. The van der Waals surface area contributed by atoms with Crippen LogP contribution in [-0.2, 0) is 9.59 Å². The lowest BCUT2D eigenvalue weighted by Crippen LogP contribution is -2.23. The predicted octanol–water partition coefficient (Wildman–Crippen LogP) is 3.35. The quantitative estimate of drug-likeness (QED) is 0.583. The minimum atomic E-state index is -1.42. The summed E-state index contributed by atoms with van der Waals surface area (Å²) in [6.45, 7) is 0. The number of carboxylic acids is 1. The zero-order chi connectivity index (χ0) is 22.1. The lowest BCUT2D eigenvalue weighted by molar-refractivity contribution is -0.255. The molecule has 0 bridgehead atoms. The van der Waals surface area contributed by atoms with Gasteiger partial charge in [0, 0.05) is 29.1 Å². The fourth-order valence-electron chi connectivity index (χ4n) is 2.73. The highest BCUT2D eigenvalue weighted by Gasteiger charge is 2.06. The Morgan fingerprint density at radius 1 is 0.645 bits per heavy atom. The van der Waals surface area contributed by atoms with Gasteiger partial charge in [0.25, 0.3) is 0 Å². The van der Waals surface area contributed by atoms with Crippen molar-refractivity contribution in [2.24, 2.45) is 0 Å². The monoisotopic (exact) mass is 411 g/mol. The lowest BCUT2D eigenvalue weighted by atomic mass is 10.1. The van der Waals surface area contributed by atoms with Gasteiger partial charge in [-0.15, -0.1) is 0 Å². The molecule has 2 amide bonds. The number of anilines is 2. The van der Waals surface area contributed by atoms with Crippen LogP contribution in [-0.4, -0.2) is 17.8 Å². The number of amides is 2. The van der Waals surface area contributed by atoms with Crippen molar-refractivity contribution in [3.05, 3.63) is 108 Å². The summed E-state index contributed by atoms with van der Waals surface area (Å²) in [4.78, 5) is 35.7. The summed E-state index contributed by atoms with van der Waals surface area (Å²) in [6, 6.07) is 22.5. The molecule has 0 atom stereocenters. The fourth-order valence-corrected chi connectivity index (χ4v) is 2.73. The number of nitrogens with one attached hydrogen (secondary N) is 2. The van der Waals surface area contributed by atoms with E-state index in [1.165, 1.54) is 30.4 Å². The molecule has 3 aromatic carbocycles. The fraction of sp³-hybridized carbons (Fsp3) is 0. The number of carboxylic acid groups (broad SMARTS) is 1. The van der Waals surface area contributed by atoms with E-state index in [0.717, 1.165) is 11.1 Å². The molecule has 0 unspecified atom stereocenters. The van der Waals surface area contributed by atoms with Gasteiger partial charge in [0.1, 0.15) is 0 Å². The maximum absolute atomic E-state index is 12.2. The van der Waals surface area contributed by atoms with Crippen molar-refractivity contribution in [1.29, 1.82) is 0 Å². The van der Waals surface area contributed by atoms with Crippen LogP contribution in [0.4, 0.5) is 11.4 Å². The smallest absolute Gasteiger partial charge is 0.248 e. The molecule has 2 N–H and O–H groups in total. The summed E-state index contributed by atoms with van der Waals surface area (Å²) in [6.07, 6.45) is 5.94. The molecular weight excluding hydrogens is 392 g/mol. The van der Waals surface area contributed by atoms with Crippen molar-refractivity contribution in [3.8, 4) is 0 Å². The number of hydrogen-bond acceptors (Lipinski definition) is 4. The highest BCUT2D eigenvalue weighted by Crippen LogP contribution is 2.19. The van der Waals surface area contributed by atoms with E-state index < -0.39 is 17.8 Å². The van der Waals surface area contributed by atoms with Gasteiger partial charge in [0.05, 0.1) is 5.97 Å². The molecule has 0 aliphatic rings. The Balaban J connectivity index is 1.72. The number of carbonyl (C=O) groups excluding carboxylic acids is 3. The van der Waals surface area contributed by atoms with Crippen molar-refractivity contribution in [1.82, 2.24) is 0 Å². The molecule has 0 spiro atoms. The third-order valence-electron chi connectivity index (χ3n) is 4.16. The van der Waals surface area contributed by atoms with Gasteiger partial charge in [0.2, 0.25) is 11.8 Å². The van der Waals surface area contributed by atoms with Gasteiger partial charge in [-0.3, -0.25) is 9.59 Å². The van der Waals surface area contributed by atoms with Gasteiger partial charge >= 0.3 is 0 Å². The maximum atomic E-state index is 12.2. The van der Waals surface area contributed by atoms with Crippen molar-refractivity contribution in [2.75, 3.05) is 10.6 Å². The molecule has 0 radical (unpaired) electrons. The lowest BCUT2D eigenvalue weighted by Gasteiger charge is -2.11. The zero-order valence-electron chi connectivity index (χ0n) is 16.4. The van der Waals surface area contributed by atoms with E-state index in [9.17, 15) is 19.5 Å². The van der Waals surface area contributed by atoms with Crippen LogP contribution in [0.3, 0.4) is 0 Å². The van der Waals surface area contributed by atoms with E-state index in [2.05, 4.69) is 10.6 Å². The second-order valence-corrected chi connectivity index (χ2v) is 6.55. The molecule has 6 nitrogen and oxygen atoms in total. The standard InChI is InChI=1S/C25H20N2O4/c28-23(13-11-18-7-3-1-4-8-18)26-21-15-20(25(30)31)16-22(17-21)27-24(29)14-12-19-9-5-2-6-10-19/h1-17H,(H,26,28)(H,27,29)(H,30,31)/p-1/b13-11+,14-12+.